The average molecular weight is 433 g/mol. The molecule has 2 heterocycles. The van der Waals surface area contributed by atoms with Crippen LogP contribution in [-0.4, -0.2) is 60.9 Å². The van der Waals surface area contributed by atoms with Gasteiger partial charge in [-0.1, -0.05) is 47.5 Å². The third-order valence-electron chi connectivity index (χ3n) is 5.42. The first-order valence-corrected chi connectivity index (χ1v) is 10.4. The number of rotatable bonds is 6. The first kappa shape index (κ1) is 20.3. The zero-order chi connectivity index (χ0) is 20.4. The zero-order valence-corrected chi connectivity index (χ0v) is 17.4. The Labute approximate surface area is 179 Å². The molecule has 8 heteroatoms. The number of fused-ring (bicyclic) bond motifs is 1. The molecule has 2 aromatic carbocycles. The molecule has 4 rings (SSSR count). The van der Waals surface area contributed by atoms with Crippen LogP contribution in [-0.2, 0) is 11.3 Å². The summed E-state index contributed by atoms with van der Waals surface area (Å²) in [6.45, 7) is 5.38. The first-order valence-electron chi connectivity index (χ1n) is 9.63. The predicted molar refractivity (Wildman–Crippen MR) is 114 cm³/mol. The minimum Gasteiger partial charge on any atom is -0.303 e. The fraction of sp³-hybridized carbons (Fsp3) is 0.333. The van der Waals surface area contributed by atoms with E-state index in [0.29, 0.717) is 28.7 Å². The number of hydrogen-bond acceptors (Lipinski definition) is 5. The molecule has 1 saturated heterocycles. The monoisotopic (exact) mass is 432 g/mol. The van der Waals surface area contributed by atoms with Gasteiger partial charge in [0.15, 0.2) is 0 Å². The maximum Gasteiger partial charge on any atom is 0.299 e. The molecule has 0 aromatic heterocycles. The molecule has 29 heavy (non-hydrogen) atoms. The molecule has 0 unspecified atom stereocenters. The minimum absolute atomic E-state index is 0.408. The van der Waals surface area contributed by atoms with E-state index < -0.39 is 11.7 Å². The normalized spacial score (nSPS) is 17.8. The van der Waals surface area contributed by atoms with E-state index in [9.17, 15) is 9.59 Å². The molecule has 0 bridgehead atoms. The van der Waals surface area contributed by atoms with Gasteiger partial charge in [-0.25, -0.2) is 5.01 Å². The van der Waals surface area contributed by atoms with Crippen LogP contribution >= 0.6 is 23.2 Å². The van der Waals surface area contributed by atoms with Gasteiger partial charge in [0.25, 0.3) is 11.7 Å². The van der Waals surface area contributed by atoms with Crippen LogP contribution in [0.4, 0.5) is 5.69 Å². The highest BCUT2D eigenvalue weighted by molar-refractivity contribution is 6.52. The smallest absolute Gasteiger partial charge is 0.299 e. The number of hydrazine groups is 1. The number of amides is 1. The number of nitrogens with one attached hydrogen (secondary N) is 1. The number of anilines is 1. The van der Waals surface area contributed by atoms with Crippen molar-refractivity contribution in [1.29, 1.82) is 0 Å². The van der Waals surface area contributed by atoms with Crippen LogP contribution in [0.15, 0.2) is 42.5 Å². The fourth-order valence-electron chi connectivity index (χ4n) is 3.72. The van der Waals surface area contributed by atoms with Crippen LogP contribution in [0.3, 0.4) is 0 Å². The Bertz CT molecular complexity index is 929. The van der Waals surface area contributed by atoms with Crippen molar-refractivity contribution in [2.45, 2.75) is 6.54 Å². The van der Waals surface area contributed by atoms with Crippen molar-refractivity contribution < 1.29 is 9.59 Å². The van der Waals surface area contributed by atoms with Crippen LogP contribution in [0.5, 0.6) is 0 Å². The fourth-order valence-corrected chi connectivity index (χ4v) is 4.11. The summed E-state index contributed by atoms with van der Waals surface area (Å²) in [4.78, 5) is 28.3. The van der Waals surface area contributed by atoms with E-state index in [0.717, 1.165) is 44.0 Å². The van der Waals surface area contributed by atoms with Gasteiger partial charge < -0.3 is 4.90 Å². The number of halogens is 2. The minimum atomic E-state index is -0.426. The zero-order valence-electron chi connectivity index (χ0n) is 15.9. The second-order valence-electron chi connectivity index (χ2n) is 7.18. The number of carbonyl (C=O) groups is 2. The number of piperazine rings is 1. The van der Waals surface area contributed by atoms with E-state index in [1.165, 1.54) is 0 Å². The molecule has 1 N–H and O–H groups in total. The first-order chi connectivity index (χ1) is 14.0. The van der Waals surface area contributed by atoms with Crippen molar-refractivity contribution in [1.82, 2.24) is 15.3 Å². The maximum absolute atomic E-state index is 12.3. The summed E-state index contributed by atoms with van der Waals surface area (Å²) in [5, 5.41) is 3.32. The molecule has 152 valence electrons. The molecule has 1 amide bonds. The van der Waals surface area contributed by atoms with E-state index >= 15 is 0 Å². The highest BCUT2D eigenvalue weighted by Gasteiger charge is 2.35. The Balaban J connectivity index is 1.25. The number of Topliss-reactive ketones (excluding diaryl/α,β-unsaturated/α-hetero) is 1. The molecule has 0 saturated carbocycles. The lowest BCUT2D eigenvalue weighted by molar-refractivity contribution is -0.114. The Morgan fingerprint density at radius 2 is 1.66 bits per heavy atom. The van der Waals surface area contributed by atoms with Gasteiger partial charge in [-0.3, -0.25) is 19.9 Å². The van der Waals surface area contributed by atoms with Gasteiger partial charge in [0.1, 0.15) is 0 Å². The van der Waals surface area contributed by atoms with Gasteiger partial charge in [-0.05, 0) is 23.8 Å². The van der Waals surface area contributed by atoms with Crippen LogP contribution < -0.4 is 10.3 Å². The van der Waals surface area contributed by atoms with Crippen molar-refractivity contribution >= 4 is 40.6 Å². The summed E-state index contributed by atoms with van der Waals surface area (Å²) >= 11 is 12.3. The quantitative estimate of drug-likeness (QED) is 0.711. The largest absolute Gasteiger partial charge is 0.303 e. The summed E-state index contributed by atoms with van der Waals surface area (Å²) < 4.78 is 0. The van der Waals surface area contributed by atoms with Crippen molar-refractivity contribution in [3.05, 3.63) is 63.6 Å². The van der Waals surface area contributed by atoms with Crippen LogP contribution in [0, 0.1) is 0 Å². The van der Waals surface area contributed by atoms with Crippen molar-refractivity contribution in [2.24, 2.45) is 0 Å². The summed E-state index contributed by atoms with van der Waals surface area (Å²) in [5.74, 6) is -0.834. The molecule has 0 atom stereocenters. The van der Waals surface area contributed by atoms with Crippen LogP contribution in [0.1, 0.15) is 15.9 Å². The molecule has 2 aromatic rings. The SMILES string of the molecule is O=C1C(=O)N(CCN2CCN(NCc3cccc(Cl)c3Cl)CC2)c2ccccc21. The molecule has 1 fully saturated rings. The Morgan fingerprint density at radius 3 is 2.45 bits per heavy atom. The van der Waals surface area contributed by atoms with Gasteiger partial charge in [-0.15, -0.1) is 0 Å². The third-order valence-corrected chi connectivity index (χ3v) is 6.27. The maximum atomic E-state index is 12.3. The molecule has 0 radical (unpaired) electrons. The van der Waals surface area contributed by atoms with E-state index in [-0.39, 0.29) is 0 Å². The number of nitrogens with zero attached hydrogens (tertiary/aromatic N) is 3. The molecule has 2 aliphatic rings. The predicted octanol–water partition coefficient (Wildman–Crippen LogP) is 2.85. The number of benzene rings is 2. The number of para-hydroxylation sites is 1. The van der Waals surface area contributed by atoms with E-state index in [1.807, 2.05) is 24.3 Å². The van der Waals surface area contributed by atoms with E-state index in [4.69, 9.17) is 23.2 Å². The number of ketones is 1. The second kappa shape index (κ2) is 8.81. The lowest BCUT2D eigenvalue weighted by atomic mass is 10.1. The van der Waals surface area contributed by atoms with Crippen molar-refractivity contribution in [3.63, 3.8) is 0 Å². The third kappa shape index (κ3) is 4.32. The molecular weight excluding hydrogens is 411 g/mol. The van der Waals surface area contributed by atoms with Crippen LogP contribution in [0.2, 0.25) is 10.0 Å². The van der Waals surface area contributed by atoms with Gasteiger partial charge >= 0.3 is 0 Å². The highest BCUT2D eigenvalue weighted by atomic mass is 35.5. The van der Waals surface area contributed by atoms with E-state index in [2.05, 4.69) is 15.3 Å². The van der Waals surface area contributed by atoms with Gasteiger partial charge in [0, 0.05) is 45.8 Å². The van der Waals surface area contributed by atoms with Crippen molar-refractivity contribution in [2.75, 3.05) is 44.2 Å². The topological polar surface area (TPSA) is 55.9 Å². The standard InChI is InChI=1S/C21H22Cl2N4O2/c22-17-6-3-4-15(19(17)23)14-24-26-11-8-25(9-12-26)10-13-27-18-7-2-1-5-16(18)20(28)21(27)29/h1-7,24H,8-14H2. The summed E-state index contributed by atoms with van der Waals surface area (Å²) in [6.07, 6.45) is 0. The number of hydrogen-bond donors (Lipinski definition) is 1. The second-order valence-corrected chi connectivity index (χ2v) is 7.96. The molecule has 6 nitrogen and oxygen atoms in total. The molecular formula is C21H22Cl2N4O2. The Kier molecular flexibility index (Phi) is 6.18. The highest BCUT2D eigenvalue weighted by Crippen LogP contribution is 2.28. The van der Waals surface area contributed by atoms with E-state index in [1.54, 1.807) is 23.1 Å². The summed E-state index contributed by atoms with van der Waals surface area (Å²) in [7, 11) is 0. The lowest BCUT2D eigenvalue weighted by Gasteiger charge is -2.35. The molecule has 0 aliphatic carbocycles. The summed E-state index contributed by atoms with van der Waals surface area (Å²) in [5.41, 5.74) is 5.60. The molecule has 0 spiro atoms. The van der Waals surface area contributed by atoms with Gasteiger partial charge in [0.2, 0.25) is 0 Å². The Hall–Kier alpha value is -1.96. The van der Waals surface area contributed by atoms with Crippen molar-refractivity contribution in [3.8, 4) is 0 Å². The number of carbonyl (C=O) groups excluding carboxylic acids is 2. The van der Waals surface area contributed by atoms with Gasteiger partial charge in [-0.2, -0.15) is 0 Å². The van der Waals surface area contributed by atoms with Crippen LogP contribution in [0.25, 0.3) is 0 Å². The summed E-state index contributed by atoms with van der Waals surface area (Å²) in [6, 6.07) is 12.8. The van der Waals surface area contributed by atoms with Gasteiger partial charge in [0.05, 0.1) is 21.3 Å². The lowest BCUT2D eigenvalue weighted by Crippen LogP contribution is -2.53. The molecule has 2 aliphatic heterocycles. The Morgan fingerprint density at radius 1 is 0.897 bits per heavy atom. The average Bonchev–Trinajstić information content (AvgIpc) is 2.99.